The maximum atomic E-state index is 13.3. The Morgan fingerprint density at radius 1 is 1.26 bits per heavy atom. The highest BCUT2D eigenvalue weighted by atomic mass is 16.2. The molecule has 3 saturated heterocycles. The molecule has 1 aromatic rings. The smallest absolute Gasteiger partial charge is 0.325 e. The molecule has 1 unspecified atom stereocenters. The monoisotopic (exact) mass is 430 g/mol. The zero-order chi connectivity index (χ0) is 22.2. The second kappa shape index (κ2) is 8.61. The molecule has 3 aliphatic heterocycles. The van der Waals surface area contributed by atoms with Crippen molar-refractivity contribution in [3.8, 4) is 0 Å². The van der Waals surface area contributed by atoms with Crippen molar-refractivity contribution in [1.29, 1.82) is 0 Å². The van der Waals surface area contributed by atoms with E-state index in [0.717, 1.165) is 31.9 Å². The Hall–Kier alpha value is -2.42. The molecule has 0 aromatic carbocycles. The van der Waals surface area contributed by atoms with Crippen LogP contribution in [-0.4, -0.2) is 86.4 Å². The van der Waals surface area contributed by atoms with Gasteiger partial charge in [-0.2, -0.15) is 0 Å². The number of likely N-dealkylation sites (tertiary alicyclic amines) is 2. The van der Waals surface area contributed by atoms with E-state index in [9.17, 15) is 14.4 Å². The number of rotatable bonds is 6. The zero-order valence-corrected chi connectivity index (χ0v) is 18.8. The normalized spacial score (nSPS) is 23.9. The lowest BCUT2D eigenvalue weighted by Crippen LogP contribution is -2.55. The van der Waals surface area contributed by atoms with Crippen LogP contribution in [0, 0.1) is 0 Å². The van der Waals surface area contributed by atoms with Crippen LogP contribution in [0.4, 0.5) is 4.79 Å². The molecule has 1 aromatic heterocycles. The highest BCUT2D eigenvalue weighted by molar-refractivity contribution is 6.07. The van der Waals surface area contributed by atoms with Gasteiger partial charge in [-0.15, -0.1) is 0 Å². The number of imide groups is 1. The highest BCUT2D eigenvalue weighted by Crippen LogP contribution is 2.32. The van der Waals surface area contributed by atoms with Gasteiger partial charge >= 0.3 is 6.03 Å². The summed E-state index contributed by atoms with van der Waals surface area (Å²) in [5, 5.41) is 3.00. The Morgan fingerprint density at radius 2 is 2.00 bits per heavy atom. The van der Waals surface area contributed by atoms with E-state index >= 15 is 0 Å². The lowest BCUT2D eigenvalue weighted by atomic mass is 9.87. The molecule has 9 heteroatoms. The quantitative estimate of drug-likeness (QED) is 0.689. The summed E-state index contributed by atoms with van der Waals surface area (Å²) in [6.45, 7) is 10.1. The minimum Gasteiger partial charge on any atom is -0.339 e. The summed E-state index contributed by atoms with van der Waals surface area (Å²) >= 11 is 0. The molecule has 4 rings (SSSR count). The molecule has 31 heavy (non-hydrogen) atoms. The first-order chi connectivity index (χ1) is 14.8. The molecule has 0 bridgehead atoms. The molecular weight excluding hydrogens is 396 g/mol. The minimum absolute atomic E-state index is 0.00274. The van der Waals surface area contributed by atoms with Crippen LogP contribution in [0.3, 0.4) is 0 Å². The number of piperidine rings is 1. The van der Waals surface area contributed by atoms with Crippen LogP contribution in [0.5, 0.6) is 0 Å². The molecule has 4 heterocycles. The summed E-state index contributed by atoms with van der Waals surface area (Å²) in [5.74, 6) is 1.01. The van der Waals surface area contributed by atoms with Gasteiger partial charge in [0, 0.05) is 44.5 Å². The fourth-order valence-corrected chi connectivity index (χ4v) is 5.17. The van der Waals surface area contributed by atoms with Crippen molar-refractivity contribution in [3.05, 3.63) is 18.2 Å². The fourth-order valence-electron chi connectivity index (χ4n) is 5.17. The van der Waals surface area contributed by atoms with E-state index in [2.05, 4.69) is 36.0 Å². The molecular formula is C22H34N6O3. The van der Waals surface area contributed by atoms with Gasteiger partial charge in [-0.05, 0) is 32.2 Å². The van der Waals surface area contributed by atoms with Crippen LogP contribution in [0.2, 0.25) is 0 Å². The number of nitrogens with one attached hydrogen (secondary N) is 1. The SMILES string of the molecule is CCCN1CCC2(CC1)NC(=O)N(C1CCN(C(=O)Cn3ccnc3C(C)C)C1)C2=O. The summed E-state index contributed by atoms with van der Waals surface area (Å²) in [7, 11) is 0. The number of nitrogens with zero attached hydrogens (tertiary/aromatic N) is 5. The molecule has 9 nitrogen and oxygen atoms in total. The van der Waals surface area contributed by atoms with Crippen molar-refractivity contribution >= 4 is 17.8 Å². The maximum Gasteiger partial charge on any atom is 0.325 e. The van der Waals surface area contributed by atoms with Crippen molar-refractivity contribution in [3.63, 3.8) is 0 Å². The van der Waals surface area contributed by atoms with E-state index in [1.807, 2.05) is 10.8 Å². The summed E-state index contributed by atoms with van der Waals surface area (Å²) < 4.78 is 1.88. The predicted octanol–water partition coefficient (Wildman–Crippen LogP) is 1.40. The van der Waals surface area contributed by atoms with Crippen LogP contribution in [0.25, 0.3) is 0 Å². The first-order valence-corrected chi connectivity index (χ1v) is 11.5. The van der Waals surface area contributed by atoms with E-state index in [1.54, 1.807) is 11.1 Å². The molecule has 0 radical (unpaired) electrons. The number of hydrogen-bond donors (Lipinski definition) is 1. The van der Waals surface area contributed by atoms with E-state index in [1.165, 1.54) is 4.90 Å². The summed E-state index contributed by atoms with van der Waals surface area (Å²) in [6, 6.07) is -0.554. The molecule has 170 valence electrons. The molecule has 1 spiro atoms. The Kier molecular flexibility index (Phi) is 6.05. The van der Waals surface area contributed by atoms with Gasteiger partial charge in [0.2, 0.25) is 5.91 Å². The van der Waals surface area contributed by atoms with Gasteiger partial charge in [-0.1, -0.05) is 20.8 Å². The predicted molar refractivity (Wildman–Crippen MR) is 115 cm³/mol. The van der Waals surface area contributed by atoms with E-state index in [-0.39, 0.29) is 36.3 Å². The Bertz CT molecular complexity index is 842. The van der Waals surface area contributed by atoms with E-state index in [0.29, 0.717) is 32.4 Å². The molecule has 0 aliphatic carbocycles. The first kappa shape index (κ1) is 21.8. The van der Waals surface area contributed by atoms with E-state index in [4.69, 9.17) is 0 Å². The number of hydrogen-bond acceptors (Lipinski definition) is 5. The van der Waals surface area contributed by atoms with Gasteiger partial charge in [0.15, 0.2) is 0 Å². The third-order valence-electron chi connectivity index (χ3n) is 6.89. The van der Waals surface area contributed by atoms with Crippen molar-refractivity contribution in [1.82, 2.24) is 29.6 Å². The number of carbonyl (C=O) groups is 3. The number of imidazole rings is 1. The molecule has 3 fully saturated rings. The maximum absolute atomic E-state index is 13.3. The minimum atomic E-state index is -0.762. The van der Waals surface area contributed by atoms with Crippen molar-refractivity contribution in [2.45, 2.75) is 70.5 Å². The second-order valence-corrected chi connectivity index (χ2v) is 9.38. The fraction of sp³-hybridized carbons (Fsp3) is 0.727. The van der Waals surface area contributed by atoms with Crippen LogP contribution in [0.15, 0.2) is 12.4 Å². The number of urea groups is 1. The number of amides is 4. The molecule has 3 aliphatic rings. The lowest BCUT2D eigenvalue weighted by molar-refractivity contribution is -0.135. The zero-order valence-electron chi connectivity index (χ0n) is 18.8. The molecule has 4 amide bonds. The van der Waals surface area contributed by atoms with Gasteiger partial charge < -0.3 is 19.7 Å². The van der Waals surface area contributed by atoms with Gasteiger partial charge in [0.25, 0.3) is 5.91 Å². The van der Waals surface area contributed by atoms with Crippen LogP contribution in [0.1, 0.15) is 58.2 Å². The number of aromatic nitrogens is 2. The summed E-state index contributed by atoms with van der Waals surface area (Å²) in [6.07, 6.45) is 6.57. The highest BCUT2D eigenvalue weighted by Gasteiger charge is 2.54. The number of carbonyl (C=O) groups excluding carboxylic acids is 3. The standard InChI is InChI=1S/C22H34N6O3/c1-4-9-25-11-6-22(7-12-25)20(30)28(21(31)24-22)17-5-10-26(14-17)18(29)15-27-13-8-23-19(27)16(2)3/h8,13,16-17H,4-7,9-12,14-15H2,1-3H3,(H,24,31). The topological polar surface area (TPSA) is 90.8 Å². The third-order valence-corrected chi connectivity index (χ3v) is 6.89. The van der Waals surface area contributed by atoms with Gasteiger partial charge in [0.1, 0.15) is 17.9 Å². The third kappa shape index (κ3) is 4.07. The first-order valence-electron chi connectivity index (χ1n) is 11.5. The van der Waals surface area contributed by atoms with Crippen LogP contribution in [-0.2, 0) is 16.1 Å². The van der Waals surface area contributed by atoms with Crippen molar-refractivity contribution in [2.75, 3.05) is 32.7 Å². The summed E-state index contributed by atoms with van der Waals surface area (Å²) in [4.78, 5) is 48.8. The Balaban J connectivity index is 1.38. The average molecular weight is 431 g/mol. The Labute approximate surface area is 183 Å². The van der Waals surface area contributed by atoms with Gasteiger partial charge in [-0.3, -0.25) is 14.5 Å². The van der Waals surface area contributed by atoms with Crippen LogP contribution >= 0.6 is 0 Å². The Morgan fingerprint density at radius 3 is 2.68 bits per heavy atom. The van der Waals surface area contributed by atoms with Gasteiger partial charge in [-0.25, -0.2) is 9.78 Å². The summed E-state index contributed by atoms with van der Waals surface area (Å²) in [5.41, 5.74) is -0.762. The molecule has 0 saturated carbocycles. The lowest BCUT2D eigenvalue weighted by Gasteiger charge is -2.37. The van der Waals surface area contributed by atoms with Crippen molar-refractivity contribution in [2.24, 2.45) is 0 Å². The molecule has 1 N–H and O–H groups in total. The second-order valence-electron chi connectivity index (χ2n) is 9.38. The van der Waals surface area contributed by atoms with Crippen molar-refractivity contribution < 1.29 is 14.4 Å². The average Bonchev–Trinajstić information content (AvgIpc) is 3.44. The molecule has 1 atom stereocenters. The van der Waals surface area contributed by atoms with E-state index < -0.39 is 5.54 Å². The van der Waals surface area contributed by atoms with Crippen LogP contribution < -0.4 is 5.32 Å². The largest absolute Gasteiger partial charge is 0.339 e. The van der Waals surface area contributed by atoms with Gasteiger partial charge in [0.05, 0.1) is 6.04 Å².